The van der Waals surface area contributed by atoms with Crippen molar-refractivity contribution in [2.45, 2.75) is 23.6 Å². The van der Waals surface area contributed by atoms with Crippen molar-refractivity contribution in [1.82, 2.24) is 0 Å². The Labute approximate surface area is 190 Å². The first-order valence-corrected chi connectivity index (χ1v) is 12.2. The normalized spacial score (nSPS) is 11.5. The zero-order valence-corrected chi connectivity index (χ0v) is 21.2. The molecule has 0 bridgehead atoms. The van der Waals surface area contributed by atoms with E-state index < -0.39 is 9.84 Å². The second-order valence-corrected chi connectivity index (χ2v) is 10.2. The van der Waals surface area contributed by atoms with E-state index in [-0.39, 0.29) is 63.9 Å². The molecule has 0 spiro atoms. The number of sulfone groups is 1. The molecule has 0 aliphatic rings. The van der Waals surface area contributed by atoms with Crippen LogP contribution in [0, 0.1) is 0 Å². The minimum absolute atomic E-state index is 0.0269. The Kier molecular flexibility index (Phi) is 7.51. The molecule has 148 valence electrons. The first-order valence-electron chi connectivity index (χ1n) is 7.50. The van der Waals surface area contributed by atoms with Crippen molar-refractivity contribution in [1.29, 1.82) is 0 Å². The molecule has 0 atom stereocenters. The fourth-order valence-electron chi connectivity index (χ4n) is 2.21. The Morgan fingerprint density at radius 3 is 1.44 bits per heavy atom. The average molecular weight is 654 g/mol. The highest BCUT2D eigenvalue weighted by atomic mass is 79.9. The highest BCUT2D eigenvalue weighted by Crippen LogP contribution is 2.49. The van der Waals surface area contributed by atoms with Crippen LogP contribution in [0.25, 0.3) is 0 Å². The van der Waals surface area contributed by atoms with Crippen LogP contribution < -0.4 is 9.47 Å². The maximum atomic E-state index is 13.4. The first kappa shape index (κ1) is 22.8. The Morgan fingerprint density at radius 1 is 0.815 bits per heavy atom. The molecular weight excluding hydrogens is 640 g/mol. The largest absolute Gasteiger partial charge is 0.505 e. The topological polar surface area (TPSA) is 93.1 Å². The molecule has 0 aromatic heterocycles. The molecule has 27 heavy (non-hydrogen) atoms. The third kappa shape index (κ3) is 4.26. The Bertz CT molecular complexity index is 918. The number of benzene rings is 2. The highest BCUT2D eigenvalue weighted by molar-refractivity contribution is 9.11. The van der Waals surface area contributed by atoms with Crippen molar-refractivity contribution in [3.05, 3.63) is 30.0 Å². The molecule has 0 aliphatic heterocycles. The van der Waals surface area contributed by atoms with Gasteiger partial charge in [0.05, 0.1) is 22.2 Å². The van der Waals surface area contributed by atoms with E-state index in [1.807, 2.05) is 0 Å². The fraction of sp³-hybridized carbons (Fsp3) is 0.250. The monoisotopic (exact) mass is 650 g/mol. The predicted molar refractivity (Wildman–Crippen MR) is 115 cm³/mol. The van der Waals surface area contributed by atoms with Crippen LogP contribution in [0.3, 0.4) is 0 Å². The van der Waals surface area contributed by atoms with Gasteiger partial charge in [0.25, 0.3) is 0 Å². The van der Waals surface area contributed by atoms with Gasteiger partial charge in [0, 0.05) is 0 Å². The zero-order valence-electron chi connectivity index (χ0n) is 14.0. The summed E-state index contributed by atoms with van der Waals surface area (Å²) in [6.07, 6.45) is 0. The number of aromatic hydroxyl groups is 2. The van der Waals surface area contributed by atoms with Gasteiger partial charge in [-0.1, -0.05) is 0 Å². The van der Waals surface area contributed by atoms with Gasteiger partial charge in [-0.25, -0.2) is 8.42 Å². The smallest absolute Gasteiger partial charge is 0.214 e. The molecule has 2 N–H and O–H groups in total. The van der Waals surface area contributed by atoms with E-state index >= 15 is 0 Å². The standard InChI is InChI=1S/C16H14Br4O6S/c1-3-25-15-9(5-7(17)13(21)11(15)19)27(23,24)10-6-8(18)14(22)12(20)16(10)26-4-2/h5-6,21-22H,3-4H2,1-2H3. The molecule has 11 heteroatoms. The minimum atomic E-state index is -4.16. The average Bonchev–Trinajstić information content (AvgIpc) is 2.62. The van der Waals surface area contributed by atoms with E-state index in [4.69, 9.17) is 9.47 Å². The lowest BCUT2D eigenvalue weighted by Crippen LogP contribution is -2.09. The molecule has 2 rings (SSSR count). The van der Waals surface area contributed by atoms with Crippen LogP contribution in [0.4, 0.5) is 0 Å². The van der Waals surface area contributed by atoms with Crippen molar-refractivity contribution in [3.8, 4) is 23.0 Å². The lowest BCUT2D eigenvalue weighted by Gasteiger charge is -2.18. The fourth-order valence-corrected chi connectivity index (χ4v) is 6.84. The number of halogens is 4. The summed E-state index contributed by atoms with van der Waals surface area (Å²) < 4.78 is 38.4. The molecule has 0 amide bonds. The molecule has 0 saturated heterocycles. The molecule has 0 radical (unpaired) electrons. The van der Waals surface area contributed by atoms with Crippen molar-refractivity contribution >= 4 is 73.6 Å². The molecule has 0 heterocycles. The van der Waals surface area contributed by atoms with Gasteiger partial charge < -0.3 is 19.7 Å². The van der Waals surface area contributed by atoms with E-state index in [1.165, 1.54) is 12.1 Å². The molecule has 0 fully saturated rings. The van der Waals surface area contributed by atoms with Crippen LogP contribution in [0.1, 0.15) is 13.8 Å². The summed E-state index contributed by atoms with van der Waals surface area (Å²) in [5.41, 5.74) is 0. The quantitative estimate of drug-likeness (QED) is 0.411. The minimum Gasteiger partial charge on any atom is -0.505 e. The van der Waals surface area contributed by atoms with Crippen LogP contribution in [0.2, 0.25) is 0 Å². The van der Waals surface area contributed by atoms with Crippen LogP contribution in [-0.4, -0.2) is 31.8 Å². The number of rotatable bonds is 6. The van der Waals surface area contributed by atoms with Crippen molar-refractivity contribution in [3.63, 3.8) is 0 Å². The van der Waals surface area contributed by atoms with Crippen molar-refractivity contribution < 1.29 is 28.1 Å². The number of hydrogen-bond donors (Lipinski definition) is 2. The maximum absolute atomic E-state index is 13.4. The number of ether oxygens (including phenoxy) is 2. The van der Waals surface area contributed by atoms with Crippen LogP contribution in [0.5, 0.6) is 23.0 Å². The zero-order chi connectivity index (χ0) is 20.5. The van der Waals surface area contributed by atoms with Gasteiger partial charge in [-0.2, -0.15) is 0 Å². The summed E-state index contributed by atoms with van der Waals surface area (Å²) >= 11 is 12.7. The van der Waals surface area contributed by atoms with Gasteiger partial charge in [0.15, 0.2) is 11.5 Å². The van der Waals surface area contributed by atoms with Gasteiger partial charge in [0.2, 0.25) is 9.84 Å². The first-order chi connectivity index (χ1) is 12.6. The van der Waals surface area contributed by atoms with Gasteiger partial charge in [-0.3, -0.25) is 0 Å². The Morgan fingerprint density at radius 2 is 1.15 bits per heavy atom. The summed E-state index contributed by atoms with van der Waals surface area (Å²) in [7, 11) is -4.16. The molecule has 6 nitrogen and oxygen atoms in total. The summed E-state index contributed by atoms with van der Waals surface area (Å²) in [6, 6.07) is 2.51. The molecule has 0 aliphatic carbocycles. The Balaban J connectivity index is 2.89. The second kappa shape index (κ2) is 8.89. The summed E-state index contributed by atoms with van der Waals surface area (Å²) in [6.45, 7) is 3.76. The summed E-state index contributed by atoms with van der Waals surface area (Å²) in [5.74, 6) is -0.423. The molecule has 0 unspecified atom stereocenters. The van der Waals surface area contributed by atoms with Crippen LogP contribution in [0.15, 0.2) is 39.8 Å². The molecule has 0 saturated carbocycles. The van der Waals surface area contributed by atoms with E-state index in [1.54, 1.807) is 13.8 Å². The SMILES string of the molecule is CCOc1c(S(=O)(=O)c2cc(Br)c(O)c(Br)c2OCC)cc(Br)c(O)c1Br. The Hall–Kier alpha value is -0.490. The summed E-state index contributed by atoms with van der Waals surface area (Å²) in [5, 5.41) is 20.2. The van der Waals surface area contributed by atoms with Crippen molar-refractivity contribution in [2.75, 3.05) is 13.2 Å². The van der Waals surface area contributed by atoms with E-state index in [0.29, 0.717) is 0 Å². The number of phenols is 2. The lowest BCUT2D eigenvalue weighted by atomic mass is 10.3. The lowest BCUT2D eigenvalue weighted by molar-refractivity contribution is 0.322. The maximum Gasteiger partial charge on any atom is 0.214 e. The van der Waals surface area contributed by atoms with E-state index in [2.05, 4.69) is 63.7 Å². The second-order valence-electron chi connectivity index (χ2n) is 5.07. The van der Waals surface area contributed by atoms with Crippen LogP contribution >= 0.6 is 63.7 Å². The number of phenolic OH excluding ortho intramolecular Hbond substituents is 2. The van der Waals surface area contributed by atoms with Gasteiger partial charge >= 0.3 is 0 Å². The van der Waals surface area contributed by atoms with E-state index in [0.717, 1.165) is 0 Å². The molecule has 2 aromatic rings. The summed E-state index contributed by atoms with van der Waals surface area (Å²) in [4.78, 5) is -0.349. The molecular formula is C16H14Br4O6S. The van der Waals surface area contributed by atoms with Crippen LogP contribution in [-0.2, 0) is 9.84 Å². The van der Waals surface area contributed by atoms with Gasteiger partial charge in [-0.05, 0) is 89.7 Å². The predicted octanol–water partition coefficient (Wildman–Crippen LogP) is 5.78. The molecule has 2 aromatic carbocycles. The van der Waals surface area contributed by atoms with Gasteiger partial charge in [0.1, 0.15) is 30.2 Å². The third-order valence-electron chi connectivity index (χ3n) is 3.39. The third-order valence-corrected chi connectivity index (χ3v) is 7.83. The van der Waals surface area contributed by atoms with Crippen molar-refractivity contribution in [2.24, 2.45) is 0 Å². The van der Waals surface area contributed by atoms with E-state index in [9.17, 15) is 18.6 Å². The number of hydrogen-bond acceptors (Lipinski definition) is 6. The highest BCUT2D eigenvalue weighted by Gasteiger charge is 2.32. The van der Waals surface area contributed by atoms with Gasteiger partial charge in [-0.15, -0.1) is 0 Å².